The van der Waals surface area contributed by atoms with Crippen molar-refractivity contribution in [3.63, 3.8) is 0 Å². The Kier molecular flexibility index (Phi) is 5.59. The van der Waals surface area contributed by atoms with Gasteiger partial charge in [-0.2, -0.15) is 0 Å². The second kappa shape index (κ2) is 6.73. The highest BCUT2D eigenvalue weighted by atomic mass is 16.3. The van der Waals surface area contributed by atoms with Gasteiger partial charge in [-0.25, -0.2) is 0 Å². The lowest BCUT2D eigenvalue weighted by molar-refractivity contribution is -0.129. The van der Waals surface area contributed by atoms with Crippen LogP contribution in [0.25, 0.3) is 0 Å². The van der Waals surface area contributed by atoms with Crippen molar-refractivity contribution in [2.45, 2.75) is 39.7 Å². The van der Waals surface area contributed by atoms with Gasteiger partial charge in [-0.05, 0) is 12.3 Å². The van der Waals surface area contributed by atoms with E-state index >= 15 is 0 Å². The van der Waals surface area contributed by atoms with Gasteiger partial charge in [-0.15, -0.1) is 0 Å². The van der Waals surface area contributed by atoms with E-state index in [9.17, 15) is 14.7 Å². The zero-order valence-electron chi connectivity index (χ0n) is 11.5. The molecule has 1 rings (SSSR count). The van der Waals surface area contributed by atoms with Crippen molar-refractivity contribution in [3.8, 4) is 0 Å². The van der Waals surface area contributed by atoms with Crippen LogP contribution in [0.2, 0.25) is 0 Å². The van der Waals surface area contributed by atoms with Gasteiger partial charge in [0.15, 0.2) is 0 Å². The molecule has 0 aromatic carbocycles. The summed E-state index contributed by atoms with van der Waals surface area (Å²) in [6.07, 6.45) is 0.405. The Balaban J connectivity index is 2.40. The second-order valence-corrected chi connectivity index (χ2v) is 5.40. The standard InChI is InChI=1S/C13H24N2O3/c1-4-11(16)6-14-13(18)10-5-12(17)15(8-10)7-9(2)3/h9-11,16H,4-8H2,1-3H3,(H,14,18). The second-order valence-electron chi connectivity index (χ2n) is 5.40. The number of carbonyl (C=O) groups excluding carboxylic acids is 2. The first-order valence-corrected chi connectivity index (χ1v) is 6.67. The number of hydrogen-bond acceptors (Lipinski definition) is 3. The summed E-state index contributed by atoms with van der Waals surface area (Å²) in [6, 6.07) is 0. The van der Waals surface area contributed by atoms with Crippen LogP contribution in [0.5, 0.6) is 0 Å². The number of aliphatic hydroxyl groups excluding tert-OH is 1. The van der Waals surface area contributed by atoms with Crippen molar-refractivity contribution in [2.24, 2.45) is 11.8 Å². The summed E-state index contributed by atoms with van der Waals surface area (Å²) >= 11 is 0. The fraction of sp³-hybridized carbons (Fsp3) is 0.846. The van der Waals surface area contributed by atoms with Gasteiger partial charge in [-0.3, -0.25) is 9.59 Å². The summed E-state index contributed by atoms with van der Waals surface area (Å²) in [5.41, 5.74) is 0. The number of aliphatic hydroxyl groups is 1. The molecule has 1 heterocycles. The molecule has 1 aliphatic rings. The van der Waals surface area contributed by atoms with Crippen molar-refractivity contribution >= 4 is 11.8 Å². The van der Waals surface area contributed by atoms with Crippen LogP contribution < -0.4 is 5.32 Å². The Morgan fingerprint density at radius 1 is 1.56 bits per heavy atom. The van der Waals surface area contributed by atoms with Gasteiger partial charge in [0.25, 0.3) is 0 Å². The highest BCUT2D eigenvalue weighted by molar-refractivity contribution is 5.89. The minimum atomic E-state index is -0.502. The highest BCUT2D eigenvalue weighted by Crippen LogP contribution is 2.19. The maximum absolute atomic E-state index is 11.8. The Bertz CT molecular complexity index is 305. The van der Waals surface area contributed by atoms with Gasteiger partial charge in [-0.1, -0.05) is 20.8 Å². The lowest BCUT2D eigenvalue weighted by Crippen LogP contribution is -2.37. The largest absolute Gasteiger partial charge is 0.391 e. The molecule has 1 aliphatic heterocycles. The molecule has 0 saturated carbocycles. The van der Waals surface area contributed by atoms with Gasteiger partial charge < -0.3 is 15.3 Å². The molecule has 0 aromatic heterocycles. The number of nitrogens with zero attached hydrogens (tertiary/aromatic N) is 1. The molecule has 0 aliphatic carbocycles. The van der Waals surface area contributed by atoms with Crippen LogP contribution in [0.3, 0.4) is 0 Å². The minimum Gasteiger partial charge on any atom is -0.391 e. The van der Waals surface area contributed by atoms with E-state index in [1.807, 2.05) is 6.92 Å². The van der Waals surface area contributed by atoms with E-state index in [4.69, 9.17) is 0 Å². The lowest BCUT2D eigenvalue weighted by atomic mass is 10.1. The molecule has 2 atom stereocenters. The lowest BCUT2D eigenvalue weighted by Gasteiger charge is -2.19. The molecule has 0 aromatic rings. The molecule has 0 bridgehead atoms. The first kappa shape index (κ1) is 15.0. The summed E-state index contributed by atoms with van der Waals surface area (Å²) in [4.78, 5) is 25.3. The van der Waals surface area contributed by atoms with E-state index < -0.39 is 6.10 Å². The Hall–Kier alpha value is -1.10. The molecule has 1 saturated heterocycles. The Morgan fingerprint density at radius 3 is 2.78 bits per heavy atom. The van der Waals surface area contributed by atoms with Crippen LogP contribution >= 0.6 is 0 Å². The SMILES string of the molecule is CCC(O)CNC(=O)C1CC(=O)N(CC(C)C)C1. The molecule has 0 radical (unpaired) electrons. The molecule has 2 N–H and O–H groups in total. The first-order chi connectivity index (χ1) is 8.43. The summed E-state index contributed by atoms with van der Waals surface area (Å²) in [6.45, 7) is 7.45. The minimum absolute atomic E-state index is 0.0555. The van der Waals surface area contributed by atoms with Gasteiger partial charge >= 0.3 is 0 Å². The number of likely N-dealkylation sites (tertiary alicyclic amines) is 1. The molecule has 1 fully saturated rings. The third kappa shape index (κ3) is 4.29. The number of amides is 2. The van der Waals surface area contributed by atoms with E-state index in [1.165, 1.54) is 0 Å². The van der Waals surface area contributed by atoms with Crippen LogP contribution in [0.4, 0.5) is 0 Å². The molecule has 2 unspecified atom stereocenters. The molecular formula is C13H24N2O3. The summed E-state index contributed by atoms with van der Waals surface area (Å²) < 4.78 is 0. The number of rotatable bonds is 6. The van der Waals surface area contributed by atoms with Gasteiger partial charge in [0.2, 0.25) is 11.8 Å². The number of carbonyl (C=O) groups is 2. The van der Waals surface area contributed by atoms with Crippen molar-refractivity contribution in [1.82, 2.24) is 10.2 Å². The van der Waals surface area contributed by atoms with Crippen molar-refractivity contribution in [3.05, 3.63) is 0 Å². The predicted octanol–water partition coefficient (Wildman–Crippen LogP) is 0.378. The number of hydrogen-bond donors (Lipinski definition) is 2. The van der Waals surface area contributed by atoms with Crippen LogP contribution in [0.1, 0.15) is 33.6 Å². The molecule has 0 spiro atoms. The quantitative estimate of drug-likeness (QED) is 0.722. The molecule has 18 heavy (non-hydrogen) atoms. The number of nitrogens with one attached hydrogen (secondary N) is 1. The van der Waals surface area contributed by atoms with Crippen LogP contribution in [0, 0.1) is 11.8 Å². The van der Waals surface area contributed by atoms with E-state index in [-0.39, 0.29) is 24.3 Å². The molecule has 5 heteroatoms. The van der Waals surface area contributed by atoms with E-state index in [0.717, 1.165) is 0 Å². The van der Waals surface area contributed by atoms with Crippen molar-refractivity contribution < 1.29 is 14.7 Å². The molecular weight excluding hydrogens is 232 g/mol. The monoisotopic (exact) mass is 256 g/mol. The van der Waals surface area contributed by atoms with Crippen LogP contribution in [0.15, 0.2) is 0 Å². The maximum Gasteiger partial charge on any atom is 0.225 e. The van der Waals surface area contributed by atoms with E-state index in [1.54, 1.807) is 4.90 Å². The van der Waals surface area contributed by atoms with Crippen LogP contribution in [-0.4, -0.2) is 47.6 Å². The predicted molar refractivity (Wildman–Crippen MR) is 68.8 cm³/mol. The summed E-state index contributed by atoms with van der Waals surface area (Å²) in [7, 11) is 0. The first-order valence-electron chi connectivity index (χ1n) is 6.67. The Morgan fingerprint density at radius 2 is 2.22 bits per heavy atom. The third-order valence-corrected chi connectivity index (χ3v) is 3.15. The van der Waals surface area contributed by atoms with Crippen LogP contribution in [-0.2, 0) is 9.59 Å². The third-order valence-electron chi connectivity index (χ3n) is 3.15. The highest BCUT2D eigenvalue weighted by Gasteiger charge is 2.34. The average molecular weight is 256 g/mol. The summed E-state index contributed by atoms with van der Waals surface area (Å²) in [5.74, 6) is 0.0833. The smallest absolute Gasteiger partial charge is 0.225 e. The van der Waals surface area contributed by atoms with Gasteiger partial charge in [0.1, 0.15) is 0 Å². The topological polar surface area (TPSA) is 69.6 Å². The van der Waals surface area contributed by atoms with Gasteiger partial charge in [0.05, 0.1) is 12.0 Å². The zero-order valence-corrected chi connectivity index (χ0v) is 11.5. The zero-order chi connectivity index (χ0) is 13.7. The van der Waals surface area contributed by atoms with Crippen molar-refractivity contribution in [2.75, 3.05) is 19.6 Å². The molecule has 104 valence electrons. The van der Waals surface area contributed by atoms with Gasteiger partial charge in [0, 0.05) is 26.1 Å². The average Bonchev–Trinajstić information content (AvgIpc) is 2.66. The van der Waals surface area contributed by atoms with E-state index in [2.05, 4.69) is 19.2 Å². The maximum atomic E-state index is 11.8. The fourth-order valence-electron chi connectivity index (χ4n) is 2.07. The van der Waals surface area contributed by atoms with E-state index in [0.29, 0.717) is 31.8 Å². The Labute approximate surface area is 109 Å². The van der Waals surface area contributed by atoms with Crippen molar-refractivity contribution in [1.29, 1.82) is 0 Å². The molecule has 5 nitrogen and oxygen atoms in total. The normalized spacial score (nSPS) is 21.5. The fourth-order valence-corrected chi connectivity index (χ4v) is 2.07. The summed E-state index contributed by atoms with van der Waals surface area (Å²) in [5, 5.41) is 12.1. The molecule has 2 amide bonds.